The largest absolute Gasteiger partial charge is 0.359 e. The van der Waals surface area contributed by atoms with Gasteiger partial charge in [0.1, 0.15) is 11.4 Å². The van der Waals surface area contributed by atoms with Crippen molar-refractivity contribution in [1.82, 2.24) is 25.4 Å². The lowest BCUT2D eigenvalue weighted by Gasteiger charge is -2.00. The average Bonchev–Trinajstić information content (AvgIpc) is 3.03. The molecule has 3 aromatic rings. The van der Waals surface area contributed by atoms with Crippen molar-refractivity contribution >= 4 is 5.91 Å². The van der Waals surface area contributed by atoms with Crippen LogP contribution in [0.25, 0.3) is 11.4 Å². The second-order valence-corrected chi connectivity index (χ2v) is 4.37. The Kier molecular flexibility index (Phi) is 3.73. The van der Waals surface area contributed by atoms with E-state index in [0.29, 0.717) is 17.1 Å². The fraction of sp³-hybridized carbons (Fsp3) is 0.0714. The van der Waals surface area contributed by atoms with Crippen LogP contribution in [0.2, 0.25) is 0 Å². The topological polar surface area (TPSA) is 114 Å². The van der Waals surface area contributed by atoms with Gasteiger partial charge in [0.25, 0.3) is 11.5 Å². The summed E-state index contributed by atoms with van der Waals surface area (Å²) in [6.07, 6.45) is 3.95. The summed E-state index contributed by atoms with van der Waals surface area (Å²) in [5.74, 6) is 0.0606. The minimum atomic E-state index is -0.424. The smallest absolute Gasteiger partial charge is 0.271 e. The first-order chi connectivity index (χ1) is 10.7. The highest BCUT2D eigenvalue weighted by atomic mass is 16.5. The Morgan fingerprint density at radius 2 is 2.18 bits per heavy atom. The highest BCUT2D eigenvalue weighted by Crippen LogP contribution is 2.15. The molecule has 0 aliphatic heterocycles. The average molecular weight is 297 g/mol. The Balaban J connectivity index is 1.65. The minimum absolute atomic E-state index is 0.115. The van der Waals surface area contributed by atoms with Crippen molar-refractivity contribution in [3.05, 3.63) is 64.7 Å². The number of hydrogen-bond acceptors (Lipinski definition) is 6. The molecule has 3 rings (SSSR count). The summed E-state index contributed by atoms with van der Waals surface area (Å²) in [7, 11) is 0. The molecule has 0 radical (unpaired) electrons. The van der Waals surface area contributed by atoms with Crippen LogP contribution in [-0.2, 0) is 6.54 Å². The molecule has 8 nitrogen and oxygen atoms in total. The van der Waals surface area contributed by atoms with E-state index in [-0.39, 0.29) is 17.8 Å². The zero-order chi connectivity index (χ0) is 15.4. The van der Waals surface area contributed by atoms with E-state index < -0.39 is 5.91 Å². The fourth-order valence-electron chi connectivity index (χ4n) is 1.76. The first kappa shape index (κ1) is 13.7. The molecule has 0 atom stereocenters. The van der Waals surface area contributed by atoms with E-state index in [0.717, 1.165) is 6.20 Å². The van der Waals surface area contributed by atoms with Crippen molar-refractivity contribution in [3.63, 3.8) is 0 Å². The first-order valence-corrected chi connectivity index (χ1v) is 6.42. The summed E-state index contributed by atoms with van der Waals surface area (Å²) in [6, 6.07) is 7.16. The van der Waals surface area contributed by atoms with Gasteiger partial charge in [-0.25, -0.2) is 4.98 Å². The van der Waals surface area contributed by atoms with Gasteiger partial charge >= 0.3 is 0 Å². The molecule has 2 N–H and O–H groups in total. The number of H-pyrrole nitrogens is 1. The zero-order valence-corrected chi connectivity index (χ0v) is 11.3. The molecule has 1 amide bonds. The molecule has 8 heteroatoms. The lowest BCUT2D eigenvalue weighted by Crippen LogP contribution is -2.24. The monoisotopic (exact) mass is 297 g/mol. The summed E-state index contributed by atoms with van der Waals surface area (Å²) < 4.78 is 5.14. The molecule has 0 saturated carbocycles. The predicted molar refractivity (Wildman–Crippen MR) is 75.8 cm³/mol. The Morgan fingerprint density at radius 1 is 1.27 bits per heavy atom. The summed E-state index contributed by atoms with van der Waals surface area (Å²) in [5, 5.41) is 6.52. The van der Waals surface area contributed by atoms with Crippen LogP contribution in [0.5, 0.6) is 0 Å². The summed E-state index contributed by atoms with van der Waals surface area (Å²) >= 11 is 0. The van der Waals surface area contributed by atoms with E-state index in [4.69, 9.17) is 4.52 Å². The maximum Gasteiger partial charge on any atom is 0.271 e. The molecule has 0 spiro atoms. The molecule has 0 saturated heterocycles. The molecule has 110 valence electrons. The molecule has 3 heterocycles. The Bertz CT molecular complexity index is 820. The van der Waals surface area contributed by atoms with Crippen LogP contribution in [0.4, 0.5) is 0 Å². The van der Waals surface area contributed by atoms with Gasteiger partial charge in [-0.2, -0.15) is 0 Å². The van der Waals surface area contributed by atoms with E-state index >= 15 is 0 Å². The van der Waals surface area contributed by atoms with E-state index in [2.05, 4.69) is 25.4 Å². The quantitative estimate of drug-likeness (QED) is 0.734. The SMILES string of the molecule is O=C(NCc1cc(-c2ccccn2)no1)c1c[nH]c(=O)cn1. The van der Waals surface area contributed by atoms with Crippen LogP contribution >= 0.6 is 0 Å². The molecular formula is C14H11N5O3. The summed E-state index contributed by atoms with van der Waals surface area (Å²) in [6.45, 7) is 0.152. The van der Waals surface area contributed by atoms with Gasteiger partial charge in [-0.3, -0.25) is 14.6 Å². The molecular weight excluding hydrogens is 286 g/mol. The van der Waals surface area contributed by atoms with Crippen molar-refractivity contribution < 1.29 is 9.32 Å². The molecule has 3 aromatic heterocycles. The van der Waals surface area contributed by atoms with E-state index in [1.807, 2.05) is 18.2 Å². The van der Waals surface area contributed by atoms with Gasteiger partial charge in [0, 0.05) is 18.5 Å². The minimum Gasteiger partial charge on any atom is -0.359 e. The number of nitrogens with zero attached hydrogens (tertiary/aromatic N) is 3. The zero-order valence-electron chi connectivity index (χ0n) is 11.3. The van der Waals surface area contributed by atoms with Crippen LogP contribution in [0.15, 0.2) is 52.2 Å². The molecule has 0 fully saturated rings. The van der Waals surface area contributed by atoms with E-state index in [9.17, 15) is 9.59 Å². The molecule has 0 unspecified atom stereocenters. The van der Waals surface area contributed by atoms with Gasteiger partial charge in [-0.15, -0.1) is 0 Å². The van der Waals surface area contributed by atoms with Gasteiger partial charge in [-0.05, 0) is 12.1 Å². The molecule has 0 aromatic carbocycles. The van der Waals surface area contributed by atoms with E-state index in [1.54, 1.807) is 12.3 Å². The first-order valence-electron chi connectivity index (χ1n) is 6.42. The Morgan fingerprint density at radius 3 is 2.91 bits per heavy atom. The fourth-order valence-corrected chi connectivity index (χ4v) is 1.76. The number of aromatic nitrogens is 4. The molecule has 0 aliphatic rings. The van der Waals surface area contributed by atoms with Gasteiger partial charge < -0.3 is 14.8 Å². The van der Waals surface area contributed by atoms with Crippen LogP contribution in [0, 0.1) is 0 Å². The van der Waals surface area contributed by atoms with Crippen molar-refractivity contribution in [1.29, 1.82) is 0 Å². The van der Waals surface area contributed by atoms with Gasteiger partial charge in [0.15, 0.2) is 5.76 Å². The maximum absolute atomic E-state index is 11.8. The van der Waals surface area contributed by atoms with Crippen molar-refractivity contribution in [2.75, 3.05) is 0 Å². The second-order valence-electron chi connectivity index (χ2n) is 4.37. The molecule has 22 heavy (non-hydrogen) atoms. The van der Waals surface area contributed by atoms with Crippen LogP contribution in [0.3, 0.4) is 0 Å². The number of hydrogen-bond donors (Lipinski definition) is 2. The third-order valence-electron chi connectivity index (χ3n) is 2.81. The highest BCUT2D eigenvalue weighted by molar-refractivity contribution is 5.91. The lowest BCUT2D eigenvalue weighted by atomic mass is 10.2. The number of pyridine rings is 1. The normalized spacial score (nSPS) is 10.4. The highest BCUT2D eigenvalue weighted by Gasteiger charge is 2.10. The Hall–Kier alpha value is -3.29. The summed E-state index contributed by atoms with van der Waals surface area (Å²) in [4.78, 5) is 33.0. The van der Waals surface area contributed by atoms with Crippen LogP contribution in [-0.4, -0.2) is 26.0 Å². The molecule has 0 aliphatic carbocycles. The second kappa shape index (κ2) is 6.00. The number of rotatable bonds is 4. The number of nitrogens with one attached hydrogen (secondary N) is 2. The van der Waals surface area contributed by atoms with E-state index in [1.165, 1.54) is 6.20 Å². The van der Waals surface area contributed by atoms with Gasteiger partial charge in [0.2, 0.25) is 0 Å². The summed E-state index contributed by atoms with van der Waals surface area (Å²) in [5.41, 5.74) is 1.02. The van der Waals surface area contributed by atoms with Crippen molar-refractivity contribution in [2.45, 2.75) is 6.54 Å². The number of amides is 1. The number of carbonyl (C=O) groups excluding carboxylic acids is 1. The lowest BCUT2D eigenvalue weighted by molar-refractivity contribution is 0.0941. The predicted octanol–water partition coefficient (Wildman–Crippen LogP) is 0.750. The van der Waals surface area contributed by atoms with Crippen molar-refractivity contribution in [3.8, 4) is 11.4 Å². The third-order valence-corrected chi connectivity index (χ3v) is 2.81. The number of aromatic amines is 1. The molecule has 0 bridgehead atoms. The van der Waals surface area contributed by atoms with Crippen LogP contribution in [0.1, 0.15) is 16.2 Å². The Labute approximate surface area is 124 Å². The van der Waals surface area contributed by atoms with Gasteiger partial charge in [-0.1, -0.05) is 11.2 Å². The van der Waals surface area contributed by atoms with Crippen LogP contribution < -0.4 is 10.9 Å². The standard InChI is InChI=1S/C14H11N5O3/c20-13-8-16-12(7-17-13)14(21)18-6-9-5-11(19-22-9)10-3-1-2-4-15-10/h1-5,7-8H,6H2,(H,17,20)(H,18,21). The maximum atomic E-state index is 11.8. The number of carbonyl (C=O) groups is 1. The van der Waals surface area contributed by atoms with Gasteiger partial charge in [0.05, 0.1) is 18.4 Å². The third kappa shape index (κ3) is 3.06. The van der Waals surface area contributed by atoms with Crippen molar-refractivity contribution in [2.24, 2.45) is 0 Å².